The van der Waals surface area contributed by atoms with Crippen LogP contribution >= 0.6 is 11.9 Å². The van der Waals surface area contributed by atoms with Crippen molar-refractivity contribution >= 4 is 24.0 Å². The highest BCUT2D eigenvalue weighted by atomic mass is 35.5. The van der Waals surface area contributed by atoms with Gasteiger partial charge in [0.2, 0.25) is 6.79 Å². The molecule has 62 valence electrons. The highest BCUT2D eigenvalue weighted by Gasteiger charge is 2.02. The van der Waals surface area contributed by atoms with E-state index in [2.05, 4.69) is 32.2 Å². The Kier molecular flexibility index (Phi) is 4.93. The van der Waals surface area contributed by atoms with Crippen LogP contribution < -0.4 is 0 Å². The smallest absolute Gasteiger partial charge is 0.425 e. The second-order valence-electron chi connectivity index (χ2n) is 1.26. The minimum Gasteiger partial charge on any atom is -0.425 e. The molecule has 0 spiro atoms. The molecule has 0 fully saturated rings. The summed E-state index contributed by atoms with van der Waals surface area (Å²) in [5, 5.41) is 0. The number of hydrogen-bond acceptors (Lipinski definition) is 5. The quantitative estimate of drug-likeness (QED) is 0.368. The van der Waals surface area contributed by atoms with E-state index in [4.69, 9.17) is 0 Å². The minimum atomic E-state index is -1.14. The van der Waals surface area contributed by atoms with Gasteiger partial charge >= 0.3 is 12.1 Å². The van der Waals surface area contributed by atoms with Crippen molar-refractivity contribution in [2.24, 2.45) is 0 Å². The third kappa shape index (κ3) is 5.23. The molecule has 0 amide bonds. The maximum atomic E-state index is 10.3. The molecule has 0 N–H and O–H groups in total. The monoisotopic (exact) mass is 180 g/mol. The summed E-state index contributed by atoms with van der Waals surface area (Å²) in [7, 11) is 0. The molecule has 0 atom stereocenters. The summed E-state index contributed by atoms with van der Waals surface area (Å²) in [6.45, 7) is 2.56. The van der Waals surface area contributed by atoms with Gasteiger partial charge in [0.15, 0.2) is 0 Å². The Labute approximate surface area is 67.6 Å². The number of esters is 1. The van der Waals surface area contributed by atoms with Gasteiger partial charge in [-0.2, -0.15) is 0 Å². The van der Waals surface area contributed by atoms with Crippen LogP contribution in [0.25, 0.3) is 0 Å². The molecule has 11 heavy (non-hydrogen) atoms. The molecule has 0 rings (SSSR count). The molecule has 0 saturated heterocycles. The first kappa shape index (κ1) is 9.77. The fourth-order valence-corrected chi connectivity index (χ4v) is 0.261. The van der Waals surface area contributed by atoms with Gasteiger partial charge in [-0.25, -0.2) is 9.59 Å². The van der Waals surface area contributed by atoms with Gasteiger partial charge in [-0.1, -0.05) is 6.58 Å². The van der Waals surface area contributed by atoms with Crippen molar-refractivity contribution in [2.45, 2.75) is 0 Å². The van der Waals surface area contributed by atoms with Gasteiger partial charge in [0.1, 0.15) is 11.9 Å². The number of halogens is 1. The molecule has 0 saturated carbocycles. The van der Waals surface area contributed by atoms with E-state index < -0.39 is 18.9 Å². The predicted molar refractivity (Wildman–Crippen MR) is 34.6 cm³/mol. The van der Waals surface area contributed by atoms with Crippen LogP contribution in [0.3, 0.4) is 0 Å². The Balaban J connectivity index is 3.34. The van der Waals surface area contributed by atoms with Crippen molar-refractivity contribution in [2.75, 3.05) is 6.79 Å². The number of ether oxygens (including phenoxy) is 2. The average Bonchev–Trinajstić information content (AvgIpc) is 2.04. The minimum absolute atomic E-state index is 0.545. The van der Waals surface area contributed by atoms with E-state index in [1.807, 2.05) is 0 Å². The maximum Gasteiger partial charge on any atom is 0.529 e. The number of carbonyl (C=O) groups is 2. The molecular formula is C5H5ClO5. The van der Waals surface area contributed by atoms with Gasteiger partial charge in [-0.3, -0.25) is 0 Å². The normalized spacial score (nSPS) is 8.09. The molecule has 0 radical (unpaired) electrons. The third-order valence-corrected chi connectivity index (χ3v) is 0.734. The first-order valence-electron chi connectivity index (χ1n) is 2.45. The lowest BCUT2D eigenvalue weighted by Gasteiger charge is -1.99. The van der Waals surface area contributed by atoms with Gasteiger partial charge in [0, 0.05) is 6.08 Å². The number of carbonyl (C=O) groups excluding carboxylic acids is 2. The molecule has 0 aromatic carbocycles. The second-order valence-corrected chi connectivity index (χ2v) is 1.41. The maximum absolute atomic E-state index is 10.3. The zero-order valence-corrected chi connectivity index (χ0v) is 6.17. The van der Waals surface area contributed by atoms with Crippen molar-refractivity contribution in [3.05, 3.63) is 12.7 Å². The topological polar surface area (TPSA) is 61.8 Å². The summed E-state index contributed by atoms with van der Waals surface area (Å²) in [6.07, 6.45) is -0.210. The van der Waals surface area contributed by atoms with Crippen LogP contribution in [-0.2, 0) is 18.6 Å². The van der Waals surface area contributed by atoms with Gasteiger partial charge in [-0.05, 0) is 0 Å². The molecule has 0 aliphatic carbocycles. The summed E-state index contributed by atoms with van der Waals surface area (Å²) in [6, 6.07) is 0. The van der Waals surface area contributed by atoms with E-state index in [0.29, 0.717) is 0 Å². The van der Waals surface area contributed by atoms with E-state index in [9.17, 15) is 9.59 Å². The zero-order valence-electron chi connectivity index (χ0n) is 5.41. The van der Waals surface area contributed by atoms with Crippen LogP contribution in [0.5, 0.6) is 0 Å². The van der Waals surface area contributed by atoms with E-state index in [1.165, 1.54) is 0 Å². The van der Waals surface area contributed by atoms with E-state index >= 15 is 0 Å². The lowest BCUT2D eigenvalue weighted by molar-refractivity contribution is -0.146. The van der Waals surface area contributed by atoms with Crippen molar-refractivity contribution in [3.8, 4) is 0 Å². The molecule has 0 aromatic rings. The third-order valence-electron chi connectivity index (χ3n) is 0.608. The Bertz CT molecular complexity index is 166. The summed E-state index contributed by atoms with van der Waals surface area (Å²) in [4.78, 5) is 20.4. The summed E-state index contributed by atoms with van der Waals surface area (Å²) < 4.78 is 11.9. The lowest BCUT2D eigenvalue weighted by atomic mass is 10.7. The summed E-state index contributed by atoms with van der Waals surface area (Å²) >= 11 is 4.57. The van der Waals surface area contributed by atoms with Crippen LogP contribution in [0.1, 0.15) is 0 Å². The molecule has 0 aromatic heterocycles. The molecule has 0 unspecified atom stereocenters. The van der Waals surface area contributed by atoms with Gasteiger partial charge < -0.3 is 13.8 Å². The van der Waals surface area contributed by atoms with Crippen LogP contribution in [0.15, 0.2) is 12.7 Å². The first-order valence-corrected chi connectivity index (χ1v) is 2.76. The Morgan fingerprint density at radius 3 is 2.55 bits per heavy atom. The highest BCUT2D eigenvalue weighted by molar-refractivity contribution is 6.12. The Hall–Kier alpha value is -1.23. The summed E-state index contributed by atoms with van der Waals surface area (Å²) in [5.74, 6) is -0.702. The van der Waals surface area contributed by atoms with Crippen LogP contribution in [0.4, 0.5) is 4.79 Å². The fraction of sp³-hybridized carbons (Fsp3) is 0.200. The number of rotatable bonds is 3. The summed E-state index contributed by atoms with van der Waals surface area (Å²) in [5.41, 5.74) is 0. The van der Waals surface area contributed by atoms with Crippen LogP contribution in [-0.4, -0.2) is 18.9 Å². The predicted octanol–water partition coefficient (Wildman–Crippen LogP) is 0.980. The molecule has 0 heterocycles. The van der Waals surface area contributed by atoms with Crippen molar-refractivity contribution in [1.82, 2.24) is 0 Å². The van der Waals surface area contributed by atoms with Crippen molar-refractivity contribution in [1.29, 1.82) is 0 Å². The first-order chi connectivity index (χ1) is 5.20. The van der Waals surface area contributed by atoms with Crippen LogP contribution in [0.2, 0.25) is 0 Å². The second kappa shape index (κ2) is 5.55. The highest BCUT2D eigenvalue weighted by Crippen LogP contribution is 1.89. The molecule has 6 heteroatoms. The van der Waals surface area contributed by atoms with Crippen LogP contribution in [0, 0.1) is 0 Å². The fourth-order valence-electron chi connectivity index (χ4n) is 0.217. The van der Waals surface area contributed by atoms with Gasteiger partial charge in [0.05, 0.1) is 0 Å². The largest absolute Gasteiger partial charge is 0.529 e. The SMILES string of the molecule is C=CC(=O)OCOC(=O)OCl. The molecular weight excluding hydrogens is 176 g/mol. The van der Waals surface area contributed by atoms with Gasteiger partial charge in [-0.15, -0.1) is 0 Å². The van der Waals surface area contributed by atoms with E-state index in [0.717, 1.165) is 6.08 Å². The van der Waals surface area contributed by atoms with E-state index in [-0.39, 0.29) is 0 Å². The Morgan fingerprint density at radius 2 is 2.09 bits per heavy atom. The average molecular weight is 181 g/mol. The van der Waals surface area contributed by atoms with E-state index in [1.54, 1.807) is 0 Å². The Morgan fingerprint density at radius 1 is 1.45 bits per heavy atom. The zero-order chi connectivity index (χ0) is 8.69. The molecule has 0 bridgehead atoms. The molecule has 0 aliphatic heterocycles. The molecule has 5 nitrogen and oxygen atoms in total. The van der Waals surface area contributed by atoms with Crippen molar-refractivity contribution in [3.63, 3.8) is 0 Å². The lowest BCUT2D eigenvalue weighted by Crippen LogP contribution is -2.09. The standard InChI is InChI=1S/C5H5ClO5/c1-2-4(7)9-3-10-5(8)11-6/h2H,1,3H2. The number of hydrogen-bond donors (Lipinski definition) is 0. The van der Waals surface area contributed by atoms with Crippen molar-refractivity contribution < 1.29 is 23.4 Å². The van der Waals surface area contributed by atoms with Gasteiger partial charge in [0.25, 0.3) is 0 Å². The molecule has 0 aliphatic rings.